The Kier molecular flexibility index (Phi) is 4.48. The van der Waals surface area contributed by atoms with Gasteiger partial charge in [-0.1, -0.05) is 0 Å². The number of rotatable bonds is 4. The molecule has 1 saturated heterocycles. The van der Waals surface area contributed by atoms with Gasteiger partial charge in [-0.15, -0.1) is 0 Å². The Bertz CT molecular complexity index is 557. The number of hydrogen-bond donors (Lipinski definition) is 0. The summed E-state index contributed by atoms with van der Waals surface area (Å²) in [5, 5.41) is 14.2. The number of carbonyl (C=O) groups is 2. The second-order valence-electron chi connectivity index (χ2n) is 4.33. The van der Waals surface area contributed by atoms with E-state index >= 15 is 0 Å². The average molecular weight is 298 g/mol. The van der Waals surface area contributed by atoms with Crippen molar-refractivity contribution in [1.29, 1.82) is 0 Å². The van der Waals surface area contributed by atoms with Gasteiger partial charge in [0.05, 0.1) is 37.7 Å². The predicted molar refractivity (Wildman–Crippen MR) is 67.2 cm³/mol. The van der Waals surface area contributed by atoms with Crippen molar-refractivity contribution in [2.75, 3.05) is 26.9 Å². The molecule has 1 aliphatic heterocycles. The lowest BCUT2D eigenvalue weighted by Gasteiger charge is -2.33. The molecule has 1 unspecified atom stereocenters. The van der Waals surface area contributed by atoms with Crippen molar-refractivity contribution in [2.45, 2.75) is 12.6 Å². The van der Waals surface area contributed by atoms with Gasteiger partial charge >= 0.3 is 11.8 Å². The van der Waals surface area contributed by atoms with E-state index in [1.165, 1.54) is 24.3 Å². The molecule has 2 rings (SSSR count). The Labute approximate surface area is 119 Å². The summed E-state index contributed by atoms with van der Waals surface area (Å²) < 4.78 is 11.0. The summed E-state index contributed by atoms with van der Waals surface area (Å²) in [5.74, 6) is -1.28. The zero-order chi connectivity index (χ0) is 15.4. The van der Waals surface area contributed by atoms with Crippen LogP contribution in [0.5, 0.6) is 0 Å². The van der Waals surface area contributed by atoms with Crippen LogP contribution in [-0.4, -0.2) is 64.4 Å². The van der Waals surface area contributed by atoms with E-state index in [0.717, 1.165) is 4.68 Å². The van der Waals surface area contributed by atoms with Crippen LogP contribution in [-0.2, 0) is 25.6 Å². The molecule has 10 heteroatoms. The lowest BCUT2D eigenvalue weighted by molar-refractivity contribution is -0.389. The molecular weight excluding hydrogens is 284 g/mol. The third-order valence-electron chi connectivity index (χ3n) is 3.03. The minimum Gasteiger partial charge on any atom is -0.467 e. The Balaban J connectivity index is 2.06. The first-order chi connectivity index (χ1) is 10.0. The van der Waals surface area contributed by atoms with Crippen molar-refractivity contribution in [2.24, 2.45) is 0 Å². The number of esters is 1. The number of amides is 1. The molecule has 10 nitrogen and oxygen atoms in total. The zero-order valence-corrected chi connectivity index (χ0v) is 11.3. The van der Waals surface area contributed by atoms with Crippen LogP contribution in [0.15, 0.2) is 12.3 Å². The SMILES string of the molecule is COC(=O)C1COCCN1C(=O)Cn1ccc([N+](=O)[O-])n1. The van der Waals surface area contributed by atoms with E-state index in [2.05, 4.69) is 9.84 Å². The molecule has 0 N–H and O–H groups in total. The molecule has 1 atom stereocenters. The number of nitrogens with zero attached hydrogens (tertiary/aromatic N) is 4. The Hall–Kier alpha value is -2.49. The van der Waals surface area contributed by atoms with Gasteiger partial charge in [0, 0.05) is 6.54 Å². The number of methoxy groups -OCH3 is 1. The molecule has 0 aromatic carbocycles. The monoisotopic (exact) mass is 298 g/mol. The first-order valence-corrected chi connectivity index (χ1v) is 6.16. The molecule has 1 aliphatic rings. The van der Waals surface area contributed by atoms with E-state index in [1.807, 2.05) is 0 Å². The van der Waals surface area contributed by atoms with Crippen LogP contribution in [0.25, 0.3) is 0 Å². The second-order valence-corrected chi connectivity index (χ2v) is 4.33. The van der Waals surface area contributed by atoms with Gasteiger partial charge in [0.2, 0.25) is 5.91 Å². The highest BCUT2D eigenvalue weighted by Crippen LogP contribution is 2.11. The summed E-state index contributed by atoms with van der Waals surface area (Å²) in [6, 6.07) is 0.395. The maximum atomic E-state index is 12.2. The highest BCUT2D eigenvalue weighted by Gasteiger charge is 2.34. The lowest BCUT2D eigenvalue weighted by Crippen LogP contribution is -2.53. The molecular formula is C11H14N4O6. The van der Waals surface area contributed by atoms with Crippen molar-refractivity contribution in [3.8, 4) is 0 Å². The van der Waals surface area contributed by atoms with Gasteiger partial charge < -0.3 is 24.5 Å². The van der Waals surface area contributed by atoms with Gasteiger partial charge in [0.1, 0.15) is 6.54 Å². The number of nitro groups is 1. The predicted octanol–water partition coefficient (Wildman–Crippen LogP) is -0.808. The third-order valence-corrected chi connectivity index (χ3v) is 3.03. The van der Waals surface area contributed by atoms with Crippen molar-refractivity contribution in [3.05, 3.63) is 22.4 Å². The highest BCUT2D eigenvalue weighted by atomic mass is 16.6. The maximum Gasteiger partial charge on any atom is 0.389 e. The van der Waals surface area contributed by atoms with Crippen LogP contribution in [0.4, 0.5) is 5.82 Å². The van der Waals surface area contributed by atoms with Crippen LogP contribution in [0.1, 0.15) is 0 Å². The Morgan fingerprint density at radius 1 is 1.62 bits per heavy atom. The summed E-state index contributed by atoms with van der Waals surface area (Å²) in [7, 11) is 1.23. The number of morpholine rings is 1. The average Bonchev–Trinajstić information content (AvgIpc) is 2.95. The molecule has 1 aromatic rings. The smallest absolute Gasteiger partial charge is 0.389 e. The van der Waals surface area contributed by atoms with E-state index in [1.54, 1.807) is 0 Å². The summed E-state index contributed by atoms with van der Waals surface area (Å²) in [4.78, 5) is 35.1. The molecule has 0 spiro atoms. The molecule has 0 bridgehead atoms. The molecule has 1 aromatic heterocycles. The highest BCUT2D eigenvalue weighted by molar-refractivity contribution is 5.84. The third kappa shape index (κ3) is 3.34. The molecule has 0 radical (unpaired) electrons. The molecule has 1 fully saturated rings. The summed E-state index contributed by atoms with van der Waals surface area (Å²) in [6.45, 7) is 0.444. The second kappa shape index (κ2) is 6.31. The van der Waals surface area contributed by atoms with Gasteiger partial charge in [-0.05, 0) is 4.92 Å². The van der Waals surface area contributed by atoms with Gasteiger partial charge in [-0.3, -0.25) is 4.79 Å². The Morgan fingerprint density at radius 3 is 3.00 bits per heavy atom. The zero-order valence-electron chi connectivity index (χ0n) is 11.3. The van der Waals surface area contributed by atoms with Gasteiger partial charge in [-0.2, -0.15) is 4.68 Å². The van der Waals surface area contributed by atoms with Crippen molar-refractivity contribution in [3.63, 3.8) is 0 Å². The fourth-order valence-corrected chi connectivity index (χ4v) is 2.00. The van der Waals surface area contributed by atoms with E-state index in [9.17, 15) is 19.7 Å². The van der Waals surface area contributed by atoms with Crippen molar-refractivity contribution in [1.82, 2.24) is 14.7 Å². The van der Waals surface area contributed by atoms with Gasteiger partial charge in [-0.25, -0.2) is 4.79 Å². The molecule has 1 amide bonds. The standard InChI is InChI=1S/C11H14N4O6/c1-20-11(17)8-7-21-5-4-14(8)10(16)6-13-3-2-9(12-13)15(18)19/h2-3,8H,4-7H2,1H3. The van der Waals surface area contributed by atoms with Crippen LogP contribution in [0.2, 0.25) is 0 Å². The number of aromatic nitrogens is 2. The van der Waals surface area contributed by atoms with Gasteiger partial charge in [0.15, 0.2) is 6.04 Å². The number of carbonyl (C=O) groups excluding carboxylic acids is 2. The molecule has 21 heavy (non-hydrogen) atoms. The fourth-order valence-electron chi connectivity index (χ4n) is 2.00. The van der Waals surface area contributed by atoms with Crippen molar-refractivity contribution < 1.29 is 24.0 Å². The normalized spacial score (nSPS) is 18.3. The van der Waals surface area contributed by atoms with E-state index < -0.39 is 16.9 Å². The number of hydrogen-bond acceptors (Lipinski definition) is 7. The van der Waals surface area contributed by atoms with Gasteiger partial charge in [0.25, 0.3) is 0 Å². The molecule has 0 saturated carbocycles. The van der Waals surface area contributed by atoms with E-state index in [-0.39, 0.29) is 31.4 Å². The first-order valence-electron chi connectivity index (χ1n) is 6.16. The summed E-state index contributed by atoms with van der Waals surface area (Å²) >= 11 is 0. The topological polar surface area (TPSA) is 117 Å². The molecule has 114 valence electrons. The van der Waals surface area contributed by atoms with Crippen LogP contribution in [0, 0.1) is 10.1 Å². The van der Waals surface area contributed by atoms with Crippen LogP contribution >= 0.6 is 0 Å². The lowest BCUT2D eigenvalue weighted by atomic mass is 10.2. The first kappa shape index (κ1) is 14.9. The Morgan fingerprint density at radius 2 is 2.38 bits per heavy atom. The summed E-state index contributed by atoms with van der Waals surface area (Å²) in [5.41, 5.74) is 0. The minimum absolute atomic E-state index is 0.0671. The summed E-state index contributed by atoms with van der Waals surface area (Å²) in [6.07, 6.45) is 1.34. The maximum absolute atomic E-state index is 12.2. The van der Waals surface area contributed by atoms with E-state index in [0.29, 0.717) is 6.61 Å². The molecule has 0 aliphatic carbocycles. The van der Waals surface area contributed by atoms with Crippen LogP contribution < -0.4 is 0 Å². The van der Waals surface area contributed by atoms with Crippen molar-refractivity contribution >= 4 is 17.7 Å². The largest absolute Gasteiger partial charge is 0.467 e. The number of ether oxygens (including phenoxy) is 2. The fraction of sp³-hybridized carbons (Fsp3) is 0.545. The van der Waals surface area contributed by atoms with Crippen LogP contribution in [0.3, 0.4) is 0 Å². The van der Waals surface area contributed by atoms with E-state index in [4.69, 9.17) is 4.74 Å². The minimum atomic E-state index is -0.804. The quantitative estimate of drug-likeness (QED) is 0.405. The molecule has 2 heterocycles.